The van der Waals surface area contributed by atoms with Crippen LogP contribution in [0.15, 0.2) is 42.5 Å². The maximum absolute atomic E-state index is 12.7. The van der Waals surface area contributed by atoms with Crippen LogP contribution >= 0.6 is 11.6 Å². The van der Waals surface area contributed by atoms with Gasteiger partial charge < -0.3 is 9.47 Å². The maximum Gasteiger partial charge on any atom is 0.210 e. The minimum atomic E-state index is -1.23. The molecule has 1 atom stereocenters. The molecule has 0 radical (unpaired) electrons. The van der Waals surface area contributed by atoms with E-state index in [0.29, 0.717) is 27.6 Å². The van der Waals surface area contributed by atoms with Crippen molar-refractivity contribution in [2.24, 2.45) is 0 Å². The highest BCUT2D eigenvalue weighted by Crippen LogP contribution is 2.43. The number of Topliss-reactive ketones (excluding diaryl/α,β-unsaturated/α-hetero) is 2. The standard InChI is InChI=1S/C18H15ClO4/c1-18(10-14(20)11-6-8-12(19)9-7-11)17(21)13-4-3-5-15(22-2)16(13)23-18/h3-9H,10H2,1-2H3. The highest BCUT2D eigenvalue weighted by molar-refractivity contribution is 6.30. The molecule has 1 heterocycles. The van der Waals surface area contributed by atoms with Crippen LogP contribution in [0, 0.1) is 0 Å². The van der Waals surface area contributed by atoms with E-state index in [1.807, 2.05) is 0 Å². The van der Waals surface area contributed by atoms with Crippen molar-refractivity contribution in [3.8, 4) is 11.5 Å². The molecule has 3 rings (SSSR count). The lowest BCUT2D eigenvalue weighted by Gasteiger charge is -2.21. The average molecular weight is 331 g/mol. The first-order chi connectivity index (χ1) is 10.9. The minimum absolute atomic E-state index is 0.0503. The molecule has 0 aliphatic carbocycles. The van der Waals surface area contributed by atoms with Gasteiger partial charge in [0.05, 0.1) is 19.1 Å². The number of fused-ring (bicyclic) bond motifs is 1. The lowest BCUT2D eigenvalue weighted by Crippen LogP contribution is -2.38. The first-order valence-corrected chi connectivity index (χ1v) is 7.52. The second-order valence-corrected chi connectivity index (χ2v) is 6.04. The Morgan fingerprint density at radius 3 is 2.57 bits per heavy atom. The molecule has 1 unspecified atom stereocenters. The fraction of sp³-hybridized carbons (Fsp3) is 0.222. The predicted molar refractivity (Wildman–Crippen MR) is 86.8 cm³/mol. The van der Waals surface area contributed by atoms with E-state index in [2.05, 4.69) is 0 Å². The Labute approximate surface area is 139 Å². The Kier molecular flexibility index (Phi) is 3.86. The smallest absolute Gasteiger partial charge is 0.210 e. The van der Waals surface area contributed by atoms with Gasteiger partial charge in [0.15, 0.2) is 22.9 Å². The minimum Gasteiger partial charge on any atom is -0.493 e. The highest BCUT2D eigenvalue weighted by Gasteiger charge is 2.46. The number of methoxy groups -OCH3 is 1. The van der Waals surface area contributed by atoms with Gasteiger partial charge in [0.25, 0.3) is 0 Å². The number of hydrogen-bond acceptors (Lipinski definition) is 4. The zero-order valence-corrected chi connectivity index (χ0v) is 13.5. The molecule has 4 nitrogen and oxygen atoms in total. The van der Waals surface area contributed by atoms with Crippen LogP contribution in [0.1, 0.15) is 34.1 Å². The Hall–Kier alpha value is -2.33. The lowest BCUT2D eigenvalue weighted by atomic mass is 9.90. The summed E-state index contributed by atoms with van der Waals surface area (Å²) in [7, 11) is 1.51. The molecule has 23 heavy (non-hydrogen) atoms. The Morgan fingerprint density at radius 2 is 1.91 bits per heavy atom. The van der Waals surface area contributed by atoms with Crippen LogP contribution in [-0.2, 0) is 0 Å². The number of carbonyl (C=O) groups is 2. The van der Waals surface area contributed by atoms with Crippen molar-refractivity contribution in [2.45, 2.75) is 18.9 Å². The molecule has 0 saturated carbocycles. The van der Waals surface area contributed by atoms with Crippen LogP contribution < -0.4 is 9.47 Å². The maximum atomic E-state index is 12.7. The molecule has 0 spiro atoms. The lowest BCUT2D eigenvalue weighted by molar-refractivity contribution is 0.0547. The first-order valence-electron chi connectivity index (χ1n) is 7.14. The third-order valence-electron chi connectivity index (χ3n) is 3.92. The van der Waals surface area contributed by atoms with E-state index < -0.39 is 5.60 Å². The topological polar surface area (TPSA) is 52.6 Å². The monoisotopic (exact) mass is 330 g/mol. The predicted octanol–water partition coefficient (Wildman–Crippen LogP) is 3.96. The number of rotatable bonds is 4. The summed E-state index contributed by atoms with van der Waals surface area (Å²) in [6.45, 7) is 1.63. The molecule has 0 N–H and O–H groups in total. The van der Waals surface area contributed by atoms with E-state index in [1.165, 1.54) is 7.11 Å². The van der Waals surface area contributed by atoms with Gasteiger partial charge in [-0.3, -0.25) is 9.59 Å². The van der Waals surface area contributed by atoms with Crippen LogP contribution in [0.25, 0.3) is 0 Å². The summed E-state index contributed by atoms with van der Waals surface area (Å²) in [5.74, 6) is 0.489. The van der Waals surface area contributed by atoms with E-state index in [0.717, 1.165) is 0 Å². The summed E-state index contributed by atoms with van der Waals surface area (Å²) < 4.78 is 11.0. The van der Waals surface area contributed by atoms with Gasteiger partial charge in [-0.25, -0.2) is 0 Å². The molecule has 1 aliphatic heterocycles. The number of ketones is 2. The summed E-state index contributed by atoms with van der Waals surface area (Å²) in [4.78, 5) is 25.1. The molecule has 118 valence electrons. The van der Waals surface area contributed by atoms with Crippen LogP contribution in [-0.4, -0.2) is 24.3 Å². The highest BCUT2D eigenvalue weighted by atomic mass is 35.5. The van der Waals surface area contributed by atoms with Crippen molar-refractivity contribution in [3.63, 3.8) is 0 Å². The van der Waals surface area contributed by atoms with Gasteiger partial charge in [-0.05, 0) is 43.3 Å². The average Bonchev–Trinajstić information content (AvgIpc) is 2.79. The molecule has 5 heteroatoms. The van der Waals surface area contributed by atoms with Gasteiger partial charge >= 0.3 is 0 Å². The van der Waals surface area contributed by atoms with Crippen molar-refractivity contribution in [1.82, 2.24) is 0 Å². The van der Waals surface area contributed by atoms with Crippen molar-refractivity contribution in [1.29, 1.82) is 0 Å². The van der Waals surface area contributed by atoms with Gasteiger partial charge in [-0.15, -0.1) is 0 Å². The Morgan fingerprint density at radius 1 is 1.22 bits per heavy atom. The van der Waals surface area contributed by atoms with E-state index in [4.69, 9.17) is 21.1 Å². The second-order valence-electron chi connectivity index (χ2n) is 5.61. The molecular formula is C18H15ClO4. The van der Waals surface area contributed by atoms with Gasteiger partial charge in [0.1, 0.15) is 0 Å². The van der Waals surface area contributed by atoms with Gasteiger partial charge in [-0.1, -0.05) is 17.7 Å². The molecule has 0 fully saturated rings. The van der Waals surface area contributed by atoms with Gasteiger partial charge in [-0.2, -0.15) is 0 Å². The number of para-hydroxylation sites is 1. The molecule has 0 amide bonds. The molecule has 0 bridgehead atoms. The first kappa shape index (κ1) is 15.6. The van der Waals surface area contributed by atoms with Gasteiger partial charge in [0, 0.05) is 10.6 Å². The molecule has 2 aromatic rings. The summed E-state index contributed by atoms with van der Waals surface area (Å²) in [5, 5.41) is 0.554. The van der Waals surface area contributed by atoms with E-state index in [1.54, 1.807) is 49.4 Å². The van der Waals surface area contributed by atoms with Gasteiger partial charge in [0.2, 0.25) is 5.78 Å². The number of carbonyl (C=O) groups excluding carboxylic acids is 2. The third-order valence-corrected chi connectivity index (χ3v) is 4.17. The number of halogens is 1. The van der Waals surface area contributed by atoms with Crippen molar-refractivity contribution in [3.05, 3.63) is 58.6 Å². The summed E-state index contributed by atoms with van der Waals surface area (Å²) in [5.41, 5.74) is -0.293. The van der Waals surface area contributed by atoms with Crippen molar-refractivity contribution >= 4 is 23.2 Å². The fourth-order valence-electron chi connectivity index (χ4n) is 2.68. The molecule has 0 saturated heterocycles. The van der Waals surface area contributed by atoms with Crippen LogP contribution in [0.5, 0.6) is 11.5 Å². The van der Waals surface area contributed by atoms with Crippen LogP contribution in [0.2, 0.25) is 5.02 Å². The fourth-order valence-corrected chi connectivity index (χ4v) is 2.80. The molecular weight excluding hydrogens is 316 g/mol. The summed E-state index contributed by atoms with van der Waals surface area (Å²) in [6, 6.07) is 11.7. The molecule has 1 aliphatic rings. The van der Waals surface area contributed by atoms with Crippen molar-refractivity contribution < 1.29 is 19.1 Å². The second kappa shape index (κ2) is 5.70. The normalized spacial score (nSPS) is 19.2. The van der Waals surface area contributed by atoms with E-state index in [9.17, 15) is 9.59 Å². The summed E-state index contributed by atoms with van der Waals surface area (Å²) in [6.07, 6.45) is -0.0503. The molecule has 0 aromatic heterocycles. The van der Waals surface area contributed by atoms with Crippen LogP contribution in [0.3, 0.4) is 0 Å². The van der Waals surface area contributed by atoms with Crippen LogP contribution in [0.4, 0.5) is 0 Å². The van der Waals surface area contributed by atoms with Crippen molar-refractivity contribution in [2.75, 3.05) is 7.11 Å². The number of hydrogen-bond donors (Lipinski definition) is 0. The Bertz CT molecular complexity index is 782. The SMILES string of the molecule is COc1cccc2c1OC(C)(CC(=O)c1ccc(Cl)cc1)C2=O. The zero-order valence-electron chi connectivity index (χ0n) is 12.8. The third kappa shape index (κ3) is 2.70. The van der Waals surface area contributed by atoms with E-state index in [-0.39, 0.29) is 18.0 Å². The number of benzene rings is 2. The Balaban J connectivity index is 1.87. The summed E-state index contributed by atoms with van der Waals surface area (Å²) >= 11 is 5.83. The molecule has 2 aromatic carbocycles. The van der Waals surface area contributed by atoms with E-state index >= 15 is 0 Å². The quantitative estimate of drug-likeness (QED) is 0.796. The number of ether oxygens (including phenoxy) is 2. The zero-order chi connectivity index (χ0) is 16.6. The largest absolute Gasteiger partial charge is 0.493 e.